The lowest BCUT2D eigenvalue weighted by Crippen LogP contribution is -2.52. The highest BCUT2D eigenvalue weighted by Gasteiger charge is 2.31. The minimum atomic E-state index is -0.996. The average Bonchev–Trinajstić information content (AvgIpc) is 3.36. The molecular formula is C19H29N3O4. The lowest BCUT2D eigenvalue weighted by atomic mass is 10.0. The van der Waals surface area contributed by atoms with Crippen molar-refractivity contribution >= 4 is 5.97 Å². The molecule has 1 atom stereocenters. The second-order valence-corrected chi connectivity index (χ2v) is 7.95. The molecule has 1 aliphatic heterocycles. The van der Waals surface area contributed by atoms with Crippen LogP contribution in [0.25, 0.3) is 0 Å². The second kappa shape index (κ2) is 7.88. The maximum Gasteiger partial charge on any atom is 0.328 e. The first-order valence-electron chi connectivity index (χ1n) is 9.49. The van der Waals surface area contributed by atoms with E-state index in [0.717, 1.165) is 50.2 Å². The normalized spacial score (nSPS) is 19.5. The Kier molecular flexibility index (Phi) is 5.77. The van der Waals surface area contributed by atoms with Crippen LogP contribution in [-0.2, 0) is 16.0 Å². The molecule has 1 aromatic rings. The van der Waals surface area contributed by atoms with Gasteiger partial charge in [0.1, 0.15) is 0 Å². The molecule has 1 saturated carbocycles. The molecule has 26 heavy (non-hydrogen) atoms. The molecule has 2 aliphatic rings. The van der Waals surface area contributed by atoms with Gasteiger partial charge in [-0.15, -0.1) is 0 Å². The molecule has 0 bridgehead atoms. The predicted molar refractivity (Wildman–Crippen MR) is 97.5 cm³/mol. The maximum atomic E-state index is 12.5. The van der Waals surface area contributed by atoms with Crippen molar-refractivity contribution in [3.8, 4) is 0 Å². The molecule has 1 aromatic heterocycles. The van der Waals surface area contributed by atoms with E-state index in [4.69, 9.17) is 4.74 Å². The summed E-state index contributed by atoms with van der Waals surface area (Å²) in [5, 5.41) is 14.1. The van der Waals surface area contributed by atoms with Crippen molar-refractivity contribution < 1.29 is 14.6 Å². The average molecular weight is 363 g/mol. The molecule has 1 aliphatic carbocycles. The smallest absolute Gasteiger partial charge is 0.328 e. The van der Waals surface area contributed by atoms with Crippen molar-refractivity contribution in [3.05, 3.63) is 27.7 Å². The molecule has 0 aromatic carbocycles. The van der Waals surface area contributed by atoms with Gasteiger partial charge in [-0.1, -0.05) is 13.8 Å². The standard InChI is InChI=1S/C19H29N3O4/c1-12(2)8-17(19(24)25)22-18(23)9-15(13-4-5-13)16(20-22)6-7-21-10-14(11-21)26-3/h9,12-14,17H,4-8,10-11H2,1-3H3,(H,24,25). The zero-order chi connectivity index (χ0) is 18.8. The third kappa shape index (κ3) is 4.32. The fraction of sp³-hybridized carbons (Fsp3) is 0.737. The molecule has 1 N–H and O–H groups in total. The number of methoxy groups -OCH3 is 1. The van der Waals surface area contributed by atoms with Crippen molar-refractivity contribution in [2.24, 2.45) is 5.92 Å². The zero-order valence-electron chi connectivity index (χ0n) is 15.9. The van der Waals surface area contributed by atoms with E-state index < -0.39 is 12.0 Å². The Bertz CT molecular complexity index is 705. The number of rotatable bonds is 9. The van der Waals surface area contributed by atoms with Crippen LogP contribution in [0.4, 0.5) is 0 Å². The number of hydrogen-bond acceptors (Lipinski definition) is 5. The van der Waals surface area contributed by atoms with Crippen molar-refractivity contribution in [1.82, 2.24) is 14.7 Å². The number of ether oxygens (including phenoxy) is 1. The maximum absolute atomic E-state index is 12.5. The summed E-state index contributed by atoms with van der Waals surface area (Å²) in [5.74, 6) is -0.413. The van der Waals surface area contributed by atoms with Gasteiger partial charge < -0.3 is 9.84 Å². The summed E-state index contributed by atoms with van der Waals surface area (Å²) >= 11 is 0. The molecule has 3 rings (SSSR count). The lowest BCUT2D eigenvalue weighted by Gasteiger charge is -2.38. The van der Waals surface area contributed by atoms with E-state index in [1.807, 2.05) is 13.8 Å². The fourth-order valence-electron chi connectivity index (χ4n) is 3.55. The molecule has 1 saturated heterocycles. The van der Waals surface area contributed by atoms with Gasteiger partial charge in [0.05, 0.1) is 11.8 Å². The zero-order valence-corrected chi connectivity index (χ0v) is 15.9. The van der Waals surface area contributed by atoms with E-state index >= 15 is 0 Å². The summed E-state index contributed by atoms with van der Waals surface area (Å²) < 4.78 is 6.49. The molecular weight excluding hydrogens is 334 g/mol. The van der Waals surface area contributed by atoms with E-state index in [0.29, 0.717) is 18.4 Å². The summed E-state index contributed by atoms with van der Waals surface area (Å²) in [6.45, 7) is 6.60. The Morgan fingerprint density at radius 2 is 2.08 bits per heavy atom. The first-order chi connectivity index (χ1) is 12.4. The SMILES string of the molecule is COC1CN(CCc2nn(C(CC(C)C)C(=O)O)c(=O)cc2C2CC2)C1. The first-order valence-corrected chi connectivity index (χ1v) is 9.49. The van der Waals surface area contributed by atoms with Gasteiger partial charge >= 0.3 is 5.97 Å². The Morgan fingerprint density at radius 3 is 2.62 bits per heavy atom. The van der Waals surface area contributed by atoms with Gasteiger partial charge in [-0.3, -0.25) is 9.69 Å². The molecule has 0 amide bonds. The van der Waals surface area contributed by atoms with Gasteiger partial charge in [0.2, 0.25) is 0 Å². The Balaban J connectivity index is 1.82. The molecule has 7 heteroatoms. The van der Waals surface area contributed by atoms with E-state index in [-0.39, 0.29) is 11.5 Å². The molecule has 7 nitrogen and oxygen atoms in total. The van der Waals surface area contributed by atoms with Gasteiger partial charge in [-0.2, -0.15) is 5.10 Å². The van der Waals surface area contributed by atoms with Crippen LogP contribution in [0, 0.1) is 5.92 Å². The highest BCUT2D eigenvalue weighted by Crippen LogP contribution is 2.41. The van der Waals surface area contributed by atoms with Crippen LogP contribution < -0.4 is 5.56 Å². The van der Waals surface area contributed by atoms with Gasteiger partial charge in [0.15, 0.2) is 6.04 Å². The van der Waals surface area contributed by atoms with Crippen LogP contribution in [0.1, 0.15) is 56.3 Å². The molecule has 2 fully saturated rings. The largest absolute Gasteiger partial charge is 0.480 e. The van der Waals surface area contributed by atoms with Crippen LogP contribution in [-0.4, -0.2) is 58.6 Å². The number of likely N-dealkylation sites (tertiary alicyclic amines) is 1. The highest BCUT2D eigenvalue weighted by atomic mass is 16.5. The monoisotopic (exact) mass is 363 g/mol. The summed E-state index contributed by atoms with van der Waals surface area (Å²) in [4.78, 5) is 26.5. The number of aliphatic carboxylic acids is 1. The number of carboxylic acids is 1. The lowest BCUT2D eigenvalue weighted by molar-refractivity contribution is -0.141. The third-order valence-electron chi connectivity index (χ3n) is 5.28. The molecule has 0 radical (unpaired) electrons. The van der Waals surface area contributed by atoms with E-state index in [1.54, 1.807) is 13.2 Å². The Hall–Kier alpha value is -1.73. The second-order valence-electron chi connectivity index (χ2n) is 7.95. The van der Waals surface area contributed by atoms with E-state index in [9.17, 15) is 14.7 Å². The van der Waals surface area contributed by atoms with Crippen molar-refractivity contribution in [1.29, 1.82) is 0 Å². The van der Waals surface area contributed by atoms with E-state index in [1.165, 1.54) is 4.68 Å². The molecule has 2 heterocycles. The topological polar surface area (TPSA) is 84.7 Å². The first kappa shape index (κ1) is 19.0. The fourth-order valence-corrected chi connectivity index (χ4v) is 3.55. The number of aromatic nitrogens is 2. The number of hydrogen-bond donors (Lipinski definition) is 1. The van der Waals surface area contributed by atoms with Crippen LogP contribution in [0.3, 0.4) is 0 Å². The summed E-state index contributed by atoms with van der Waals surface area (Å²) in [5.41, 5.74) is 1.60. The van der Waals surface area contributed by atoms with Gasteiger partial charge in [0.25, 0.3) is 5.56 Å². The van der Waals surface area contributed by atoms with E-state index in [2.05, 4.69) is 10.00 Å². The third-order valence-corrected chi connectivity index (χ3v) is 5.28. The van der Waals surface area contributed by atoms with Crippen LogP contribution >= 0.6 is 0 Å². The molecule has 0 spiro atoms. The predicted octanol–water partition coefficient (Wildman–Crippen LogP) is 1.67. The Morgan fingerprint density at radius 1 is 1.38 bits per heavy atom. The van der Waals surface area contributed by atoms with Gasteiger partial charge in [-0.05, 0) is 36.7 Å². The number of nitrogens with zero attached hydrogens (tertiary/aromatic N) is 3. The number of carbonyl (C=O) groups is 1. The van der Waals surface area contributed by atoms with Crippen molar-refractivity contribution in [2.75, 3.05) is 26.7 Å². The quantitative estimate of drug-likeness (QED) is 0.718. The minimum Gasteiger partial charge on any atom is -0.480 e. The van der Waals surface area contributed by atoms with Crippen LogP contribution in [0.2, 0.25) is 0 Å². The highest BCUT2D eigenvalue weighted by molar-refractivity contribution is 5.71. The van der Waals surface area contributed by atoms with Gasteiger partial charge in [-0.25, -0.2) is 9.48 Å². The van der Waals surface area contributed by atoms with Crippen molar-refractivity contribution in [3.63, 3.8) is 0 Å². The minimum absolute atomic E-state index is 0.170. The van der Waals surface area contributed by atoms with Crippen molar-refractivity contribution in [2.45, 2.75) is 57.6 Å². The number of carboxylic acid groups (broad SMARTS) is 1. The molecule has 144 valence electrons. The van der Waals surface area contributed by atoms with Gasteiger partial charge in [0, 0.05) is 39.2 Å². The summed E-state index contributed by atoms with van der Waals surface area (Å²) in [7, 11) is 1.73. The van der Waals surface area contributed by atoms with Crippen LogP contribution in [0.5, 0.6) is 0 Å². The summed E-state index contributed by atoms with van der Waals surface area (Å²) in [6.07, 6.45) is 3.61. The molecule has 1 unspecified atom stereocenters. The Labute approximate surface area is 154 Å². The summed E-state index contributed by atoms with van der Waals surface area (Å²) in [6, 6.07) is 0.723. The van der Waals surface area contributed by atoms with Crippen LogP contribution in [0.15, 0.2) is 10.9 Å².